The molecular weight excluding hydrogens is 279 g/mol. The molecule has 5 heteroatoms. The molecule has 1 unspecified atom stereocenters. The maximum absolute atomic E-state index is 13.3. The number of hydrogen-bond donors (Lipinski definition) is 1. The molecule has 1 heterocycles. The van der Waals surface area contributed by atoms with Crippen molar-refractivity contribution in [1.29, 1.82) is 0 Å². The summed E-state index contributed by atoms with van der Waals surface area (Å²) in [5.41, 5.74) is 0.781. The second-order valence-corrected chi connectivity index (χ2v) is 5.99. The Hall–Kier alpha value is -1.36. The molecule has 1 aromatic rings. The molecule has 0 bridgehead atoms. The lowest BCUT2D eigenvalue weighted by atomic mass is 9.77. The van der Waals surface area contributed by atoms with E-state index in [2.05, 4.69) is 5.32 Å². The molecule has 1 aliphatic rings. The quantitative estimate of drug-likeness (QED) is 0.925. The summed E-state index contributed by atoms with van der Waals surface area (Å²) in [6.07, 6.45) is -4.42. The molecule has 21 heavy (non-hydrogen) atoms. The van der Waals surface area contributed by atoms with Gasteiger partial charge in [-0.15, -0.1) is 0 Å². The zero-order chi connectivity index (χ0) is 15.8. The van der Waals surface area contributed by atoms with Gasteiger partial charge in [0.2, 0.25) is 0 Å². The second kappa shape index (κ2) is 5.79. The highest BCUT2D eigenvalue weighted by molar-refractivity contribution is 5.85. The van der Waals surface area contributed by atoms with Gasteiger partial charge in [-0.3, -0.25) is 4.79 Å². The predicted octanol–water partition coefficient (Wildman–Crippen LogP) is 3.53. The number of halogens is 3. The van der Waals surface area contributed by atoms with Crippen LogP contribution in [0.4, 0.5) is 13.2 Å². The van der Waals surface area contributed by atoms with E-state index in [-0.39, 0.29) is 5.78 Å². The minimum atomic E-state index is -4.42. The maximum atomic E-state index is 13.3. The van der Waals surface area contributed by atoms with Gasteiger partial charge in [-0.05, 0) is 12.5 Å². The van der Waals surface area contributed by atoms with E-state index < -0.39 is 36.0 Å². The highest BCUT2D eigenvalue weighted by Crippen LogP contribution is 2.43. The number of rotatable bonds is 3. The average molecular weight is 299 g/mol. The van der Waals surface area contributed by atoms with Gasteiger partial charge < -0.3 is 5.32 Å². The van der Waals surface area contributed by atoms with Crippen LogP contribution in [-0.2, 0) is 4.79 Å². The molecule has 1 saturated heterocycles. The van der Waals surface area contributed by atoms with Crippen molar-refractivity contribution < 1.29 is 18.0 Å². The molecule has 116 valence electrons. The third-order valence-electron chi connectivity index (χ3n) is 4.16. The van der Waals surface area contributed by atoms with Crippen LogP contribution in [0.25, 0.3) is 0 Å². The van der Waals surface area contributed by atoms with E-state index in [9.17, 15) is 18.0 Å². The molecule has 0 amide bonds. The summed E-state index contributed by atoms with van der Waals surface area (Å²) in [5, 5.41) is 2.58. The van der Waals surface area contributed by atoms with Crippen LogP contribution in [0.3, 0.4) is 0 Å². The zero-order valence-corrected chi connectivity index (χ0v) is 12.3. The molecule has 2 rings (SSSR count). The highest BCUT2D eigenvalue weighted by Gasteiger charge is 2.56. The van der Waals surface area contributed by atoms with Crippen LogP contribution in [0.2, 0.25) is 0 Å². The van der Waals surface area contributed by atoms with Crippen molar-refractivity contribution in [3.05, 3.63) is 35.9 Å². The topological polar surface area (TPSA) is 29.1 Å². The maximum Gasteiger partial charge on any atom is 0.404 e. The Morgan fingerprint density at radius 2 is 1.76 bits per heavy atom. The van der Waals surface area contributed by atoms with E-state index in [1.54, 1.807) is 45.0 Å². The first kappa shape index (κ1) is 16.0. The molecule has 0 radical (unpaired) electrons. The van der Waals surface area contributed by atoms with E-state index in [1.165, 1.54) is 0 Å². The van der Waals surface area contributed by atoms with E-state index in [0.29, 0.717) is 0 Å². The van der Waals surface area contributed by atoms with Gasteiger partial charge in [0.15, 0.2) is 0 Å². The number of carbonyl (C=O) groups is 1. The summed E-state index contributed by atoms with van der Waals surface area (Å²) in [4.78, 5) is 12.4. The largest absolute Gasteiger partial charge is 0.404 e. The van der Waals surface area contributed by atoms with Crippen molar-refractivity contribution in [1.82, 2.24) is 5.32 Å². The fraction of sp³-hybridized carbons (Fsp3) is 0.562. The SMILES string of the molecule is CC(C)C(=O)[C@H]1[C@H](C(F)(F)F)NC(C)[C@@H]1c1ccccc1. The standard InChI is InChI=1S/C16H20F3NO/c1-9(2)14(21)13-12(11-7-5-4-6-8-11)10(3)20-15(13)16(17,18)19/h4-10,12-13,15,20H,1-3H3/t10?,12-,13+,15-/m1/s1. The summed E-state index contributed by atoms with van der Waals surface area (Å²) in [7, 11) is 0. The molecule has 0 spiro atoms. The Balaban J connectivity index is 2.44. The Bertz CT molecular complexity index is 498. The fourth-order valence-electron chi connectivity index (χ4n) is 3.20. The Labute approximate surface area is 122 Å². The first-order chi connectivity index (χ1) is 9.73. The predicted molar refractivity (Wildman–Crippen MR) is 75.0 cm³/mol. The Kier molecular flexibility index (Phi) is 4.42. The van der Waals surface area contributed by atoms with Crippen LogP contribution < -0.4 is 5.32 Å². The lowest BCUT2D eigenvalue weighted by Gasteiger charge is -2.26. The van der Waals surface area contributed by atoms with E-state index in [1.807, 2.05) is 6.07 Å². The molecule has 1 aliphatic heterocycles. The van der Waals surface area contributed by atoms with Gasteiger partial charge in [0, 0.05) is 17.9 Å². The smallest absolute Gasteiger partial charge is 0.302 e. The number of hydrogen-bond acceptors (Lipinski definition) is 2. The molecule has 1 fully saturated rings. The third-order valence-corrected chi connectivity index (χ3v) is 4.16. The van der Waals surface area contributed by atoms with Gasteiger partial charge in [-0.25, -0.2) is 0 Å². The van der Waals surface area contributed by atoms with Crippen LogP contribution in [0.15, 0.2) is 30.3 Å². The number of ketones is 1. The molecule has 2 nitrogen and oxygen atoms in total. The van der Waals surface area contributed by atoms with Crippen molar-refractivity contribution >= 4 is 5.78 Å². The van der Waals surface area contributed by atoms with E-state index in [0.717, 1.165) is 5.56 Å². The van der Waals surface area contributed by atoms with Crippen molar-refractivity contribution in [3.63, 3.8) is 0 Å². The molecule has 0 aliphatic carbocycles. The van der Waals surface area contributed by atoms with Gasteiger partial charge in [-0.2, -0.15) is 13.2 Å². The molecule has 1 N–H and O–H groups in total. The molecule has 1 aromatic carbocycles. The van der Waals surface area contributed by atoms with Gasteiger partial charge in [-0.1, -0.05) is 44.2 Å². The molecule has 4 atom stereocenters. The summed E-state index contributed by atoms with van der Waals surface area (Å²) in [5.74, 6) is -2.27. The van der Waals surface area contributed by atoms with Gasteiger partial charge in [0.05, 0.1) is 5.92 Å². The normalized spacial score (nSPS) is 29.9. The van der Waals surface area contributed by atoms with Crippen molar-refractivity contribution in [2.45, 2.75) is 44.9 Å². The van der Waals surface area contributed by atoms with E-state index >= 15 is 0 Å². The third kappa shape index (κ3) is 3.12. The van der Waals surface area contributed by atoms with Crippen molar-refractivity contribution in [2.75, 3.05) is 0 Å². The van der Waals surface area contributed by atoms with Crippen LogP contribution in [0.1, 0.15) is 32.3 Å². The number of carbonyl (C=O) groups excluding carboxylic acids is 1. The Morgan fingerprint density at radius 3 is 2.24 bits per heavy atom. The van der Waals surface area contributed by atoms with Crippen LogP contribution in [-0.4, -0.2) is 24.0 Å². The van der Waals surface area contributed by atoms with Crippen LogP contribution in [0.5, 0.6) is 0 Å². The van der Waals surface area contributed by atoms with Gasteiger partial charge >= 0.3 is 6.18 Å². The molecule has 0 aromatic heterocycles. The highest BCUT2D eigenvalue weighted by atomic mass is 19.4. The van der Waals surface area contributed by atoms with Gasteiger partial charge in [0.1, 0.15) is 11.8 Å². The number of alkyl halides is 3. The van der Waals surface area contributed by atoms with Crippen molar-refractivity contribution in [3.8, 4) is 0 Å². The number of Topliss-reactive ketones (excluding diaryl/α,β-unsaturated/α-hetero) is 1. The Morgan fingerprint density at radius 1 is 1.19 bits per heavy atom. The summed E-state index contributed by atoms with van der Waals surface area (Å²) in [6, 6.07) is 6.82. The van der Waals surface area contributed by atoms with Crippen molar-refractivity contribution in [2.24, 2.45) is 11.8 Å². The summed E-state index contributed by atoms with van der Waals surface area (Å²) >= 11 is 0. The van der Waals surface area contributed by atoms with E-state index in [4.69, 9.17) is 0 Å². The van der Waals surface area contributed by atoms with Crippen LogP contribution in [0, 0.1) is 11.8 Å². The summed E-state index contributed by atoms with van der Waals surface area (Å²) < 4.78 is 39.8. The monoisotopic (exact) mass is 299 g/mol. The summed E-state index contributed by atoms with van der Waals surface area (Å²) in [6.45, 7) is 5.02. The zero-order valence-electron chi connectivity index (χ0n) is 12.3. The minimum Gasteiger partial charge on any atom is -0.302 e. The average Bonchev–Trinajstić information content (AvgIpc) is 2.76. The fourth-order valence-corrected chi connectivity index (χ4v) is 3.20. The second-order valence-electron chi connectivity index (χ2n) is 5.99. The lowest BCUT2D eigenvalue weighted by molar-refractivity contribution is -0.167. The number of nitrogens with one attached hydrogen (secondary N) is 1. The first-order valence-corrected chi connectivity index (χ1v) is 7.15. The van der Waals surface area contributed by atoms with Gasteiger partial charge in [0.25, 0.3) is 0 Å². The number of benzene rings is 1. The lowest BCUT2D eigenvalue weighted by Crippen LogP contribution is -2.46. The molecule has 0 saturated carbocycles. The minimum absolute atomic E-state index is 0.331. The van der Waals surface area contributed by atoms with Crippen LogP contribution >= 0.6 is 0 Å². The molecular formula is C16H20F3NO. The first-order valence-electron chi connectivity index (χ1n) is 7.15.